The first kappa shape index (κ1) is 20.5. The number of rotatable bonds is 7. The molecule has 0 aliphatic heterocycles. The van der Waals surface area contributed by atoms with Crippen molar-refractivity contribution in [1.82, 2.24) is 5.32 Å². The van der Waals surface area contributed by atoms with E-state index in [2.05, 4.69) is 16.7 Å². The van der Waals surface area contributed by atoms with Crippen molar-refractivity contribution in [2.45, 2.75) is 18.7 Å². The van der Waals surface area contributed by atoms with Gasteiger partial charge in [-0.25, -0.2) is 0 Å². The van der Waals surface area contributed by atoms with Crippen LogP contribution in [0.1, 0.15) is 21.5 Å². The van der Waals surface area contributed by atoms with Crippen LogP contribution in [0.5, 0.6) is 0 Å². The lowest BCUT2D eigenvalue weighted by Gasteiger charge is -2.08. The van der Waals surface area contributed by atoms with E-state index in [0.717, 1.165) is 10.5 Å². The third-order valence-corrected chi connectivity index (χ3v) is 4.85. The summed E-state index contributed by atoms with van der Waals surface area (Å²) in [6.07, 6.45) is 0. The van der Waals surface area contributed by atoms with E-state index in [1.54, 1.807) is 31.3 Å². The molecule has 2 rings (SSSR count). The first-order chi connectivity index (χ1) is 12.9. The number of ether oxygens (including phenoxy) is 1. The summed E-state index contributed by atoms with van der Waals surface area (Å²) in [5.41, 5.74) is 3.28. The minimum Gasteiger partial charge on any atom is -0.455 e. The number of aryl methyl sites for hydroxylation is 2. The van der Waals surface area contributed by atoms with Crippen LogP contribution in [-0.2, 0) is 14.3 Å². The second kappa shape index (κ2) is 9.78. The van der Waals surface area contributed by atoms with Gasteiger partial charge in [0.2, 0.25) is 0 Å². The lowest BCUT2D eigenvalue weighted by Crippen LogP contribution is -2.22. The number of hydrogen-bond donors (Lipinski definition) is 2. The van der Waals surface area contributed by atoms with Gasteiger partial charge in [-0.2, -0.15) is 0 Å². The maximum absolute atomic E-state index is 11.9. The number of carbonyl (C=O) groups is 3. The normalized spacial score (nSPS) is 10.2. The van der Waals surface area contributed by atoms with Crippen molar-refractivity contribution in [2.24, 2.45) is 0 Å². The molecule has 0 saturated heterocycles. The van der Waals surface area contributed by atoms with Crippen molar-refractivity contribution in [2.75, 3.05) is 24.7 Å². The van der Waals surface area contributed by atoms with Gasteiger partial charge < -0.3 is 15.4 Å². The Morgan fingerprint density at radius 2 is 1.74 bits per heavy atom. The molecule has 0 spiro atoms. The molecule has 0 aromatic heterocycles. The first-order valence-electron chi connectivity index (χ1n) is 8.36. The van der Waals surface area contributed by atoms with E-state index in [1.807, 2.05) is 26.0 Å². The third kappa shape index (κ3) is 6.45. The molecule has 0 heterocycles. The van der Waals surface area contributed by atoms with Crippen molar-refractivity contribution < 1.29 is 19.1 Å². The summed E-state index contributed by atoms with van der Waals surface area (Å²) in [6, 6.07) is 12.4. The fraction of sp³-hybridized carbons (Fsp3) is 0.250. The van der Waals surface area contributed by atoms with E-state index in [0.29, 0.717) is 11.3 Å². The molecule has 2 amide bonds. The Morgan fingerprint density at radius 3 is 2.37 bits per heavy atom. The predicted octanol–water partition coefficient (Wildman–Crippen LogP) is 2.94. The molecule has 0 saturated carbocycles. The Balaban J connectivity index is 1.76. The summed E-state index contributed by atoms with van der Waals surface area (Å²) in [6.45, 7) is 3.65. The van der Waals surface area contributed by atoms with Gasteiger partial charge in [0.15, 0.2) is 6.61 Å². The summed E-state index contributed by atoms with van der Waals surface area (Å²) < 4.78 is 5.00. The molecule has 2 N–H and O–H groups in total. The molecule has 6 nitrogen and oxygen atoms in total. The van der Waals surface area contributed by atoms with Crippen molar-refractivity contribution in [3.63, 3.8) is 0 Å². The zero-order valence-electron chi connectivity index (χ0n) is 15.5. The molecular weight excluding hydrogens is 364 g/mol. The Labute approximate surface area is 162 Å². The molecule has 0 atom stereocenters. The molecule has 0 aliphatic carbocycles. The van der Waals surface area contributed by atoms with Gasteiger partial charge in [0.1, 0.15) is 0 Å². The monoisotopic (exact) mass is 386 g/mol. The fourth-order valence-electron chi connectivity index (χ4n) is 2.33. The number of esters is 1. The summed E-state index contributed by atoms with van der Waals surface area (Å²) >= 11 is 1.38. The molecule has 0 aliphatic rings. The Bertz CT molecular complexity index is 834. The number of benzene rings is 2. The molecule has 27 heavy (non-hydrogen) atoms. The lowest BCUT2D eigenvalue weighted by molar-refractivity contribution is -0.144. The molecule has 7 heteroatoms. The van der Waals surface area contributed by atoms with Crippen molar-refractivity contribution in [1.29, 1.82) is 0 Å². The summed E-state index contributed by atoms with van der Waals surface area (Å²) in [7, 11) is 1.55. The maximum Gasteiger partial charge on any atom is 0.316 e. The highest BCUT2D eigenvalue weighted by Gasteiger charge is 2.10. The molecule has 0 bridgehead atoms. The average molecular weight is 386 g/mol. The second-order valence-electron chi connectivity index (χ2n) is 5.92. The highest BCUT2D eigenvalue weighted by molar-refractivity contribution is 8.00. The highest BCUT2D eigenvalue weighted by Crippen LogP contribution is 2.23. The zero-order valence-corrected chi connectivity index (χ0v) is 16.3. The van der Waals surface area contributed by atoms with E-state index in [9.17, 15) is 14.4 Å². The van der Waals surface area contributed by atoms with Gasteiger partial charge >= 0.3 is 5.97 Å². The van der Waals surface area contributed by atoms with Crippen molar-refractivity contribution in [3.05, 3.63) is 59.2 Å². The number of nitrogens with one attached hydrogen (secondary N) is 2. The highest BCUT2D eigenvalue weighted by atomic mass is 32.2. The largest absolute Gasteiger partial charge is 0.455 e. The molecule has 142 valence electrons. The topological polar surface area (TPSA) is 84.5 Å². The van der Waals surface area contributed by atoms with Crippen molar-refractivity contribution in [3.8, 4) is 0 Å². The smallest absolute Gasteiger partial charge is 0.316 e. The van der Waals surface area contributed by atoms with Crippen LogP contribution in [0.3, 0.4) is 0 Å². The van der Waals surface area contributed by atoms with Gasteiger partial charge in [-0.05, 0) is 49.7 Å². The quantitative estimate of drug-likeness (QED) is 0.565. The van der Waals surface area contributed by atoms with Gasteiger partial charge in [0, 0.05) is 23.2 Å². The van der Waals surface area contributed by atoms with Crippen LogP contribution < -0.4 is 10.6 Å². The SMILES string of the molecule is CNC(=O)c1ccc(NC(=O)COC(=O)CSc2ccc(C)cc2C)cc1. The van der Waals surface area contributed by atoms with Gasteiger partial charge in [0.25, 0.3) is 11.8 Å². The van der Waals surface area contributed by atoms with E-state index in [-0.39, 0.29) is 18.3 Å². The summed E-state index contributed by atoms with van der Waals surface area (Å²) in [5, 5.41) is 5.13. The number of amides is 2. The van der Waals surface area contributed by atoms with Crippen LogP contribution in [0.15, 0.2) is 47.4 Å². The Morgan fingerprint density at radius 1 is 1.04 bits per heavy atom. The second-order valence-corrected chi connectivity index (χ2v) is 6.94. The first-order valence-corrected chi connectivity index (χ1v) is 9.35. The predicted molar refractivity (Wildman–Crippen MR) is 106 cm³/mol. The van der Waals surface area contributed by atoms with E-state index in [4.69, 9.17) is 4.74 Å². The Hall–Kier alpha value is -2.80. The van der Waals surface area contributed by atoms with Crippen molar-refractivity contribution >= 4 is 35.2 Å². The fourth-order valence-corrected chi connectivity index (χ4v) is 3.14. The Kier molecular flexibility index (Phi) is 7.43. The maximum atomic E-state index is 11.9. The van der Waals surface area contributed by atoms with Crippen LogP contribution >= 0.6 is 11.8 Å². The number of thioether (sulfide) groups is 1. The number of anilines is 1. The molecule has 0 fully saturated rings. The third-order valence-electron chi connectivity index (χ3n) is 3.70. The standard InChI is InChI=1S/C20H22N2O4S/c1-13-4-9-17(14(2)10-13)27-12-19(24)26-11-18(23)22-16-7-5-15(6-8-16)20(25)21-3/h4-10H,11-12H2,1-3H3,(H,21,25)(H,22,23). The number of carbonyl (C=O) groups excluding carboxylic acids is 3. The molecule has 2 aromatic rings. The van der Waals surface area contributed by atoms with Gasteiger partial charge in [-0.1, -0.05) is 17.7 Å². The summed E-state index contributed by atoms with van der Waals surface area (Å²) in [4.78, 5) is 36.2. The van der Waals surface area contributed by atoms with Crippen LogP contribution in [0.2, 0.25) is 0 Å². The number of hydrogen-bond acceptors (Lipinski definition) is 5. The van der Waals surface area contributed by atoms with E-state index in [1.165, 1.54) is 17.3 Å². The summed E-state index contributed by atoms with van der Waals surface area (Å²) in [5.74, 6) is -0.960. The van der Waals surface area contributed by atoms with E-state index >= 15 is 0 Å². The van der Waals surface area contributed by atoms with Gasteiger partial charge in [-0.15, -0.1) is 11.8 Å². The van der Waals surface area contributed by atoms with Gasteiger partial charge in [-0.3, -0.25) is 14.4 Å². The van der Waals surface area contributed by atoms with Crippen LogP contribution in [0.25, 0.3) is 0 Å². The van der Waals surface area contributed by atoms with Crippen LogP contribution in [0, 0.1) is 13.8 Å². The minimum atomic E-state index is -0.454. The van der Waals surface area contributed by atoms with E-state index < -0.39 is 11.9 Å². The zero-order chi connectivity index (χ0) is 19.8. The molecule has 2 aromatic carbocycles. The lowest BCUT2D eigenvalue weighted by atomic mass is 10.2. The average Bonchev–Trinajstić information content (AvgIpc) is 2.65. The molecular formula is C20H22N2O4S. The van der Waals surface area contributed by atoms with Crippen LogP contribution in [0.4, 0.5) is 5.69 Å². The van der Waals surface area contributed by atoms with Crippen LogP contribution in [-0.4, -0.2) is 37.2 Å². The minimum absolute atomic E-state index is 0.137. The molecule has 0 unspecified atom stereocenters. The van der Waals surface area contributed by atoms with Gasteiger partial charge in [0.05, 0.1) is 5.75 Å². The molecule has 0 radical (unpaired) electrons.